The number of likely N-dealkylation sites (N-methyl/N-ethyl adjacent to an activating group) is 1. The van der Waals surface area contributed by atoms with Gasteiger partial charge >= 0.3 is 24.3 Å². The fourth-order valence-electron chi connectivity index (χ4n) is 4.15. The number of nitrogens with zero attached hydrogens (tertiary/aromatic N) is 3. The Morgan fingerprint density at radius 3 is 2.05 bits per heavy atom. The minimum absolute atomic E-state index is 0.0380. The fourth-order valence-corrected chi connectivity index (χ4v) is 5.08. The largest absolute Gasteiger partial charge is 0.490 e. The Kier molecular flexibility index (Phi) is 10.7. The van der Waals surface area contributed by atoms with E-state index in [9.17, 15) is 35.5 Å². The van der Waals surface area contributed by atoms with Gasteiger partial charge in [0.05, 0.1) is 12.1 Å². The molecule has 0 aliphatic carbocycles. The number of carboxylic acid groups (broad SMARTS) is 2. The number of carbonyl (C=O) groups is 3. The summed E-state index contributed by atoms with van der Waals surface area (Å²) in [6.45, 7) is 6.04. The van der Waals surface area contributed by atoms with Gasteiger partial charge in [-0.15, -0.1) is 11.3 Å². The maximum atomic E-state index is 13.6. The molecule has 1 spiro atoms. The van der Waals surface area contributed by atoms with Crippen molar-refractivity contribution in [1.82, 2.24) is 9.80 Å². The molecule has 2 aliphatic heterocycles. The second-order valence-electron chi connectivity index (χ2n) is 9.12. The van der Waals surface area contributed by atoms with E-state index < -0.39 is 24.3 Å². The molecule has 0 radical (unpaired) electrons. The van der Waals surface area contributed by atoms with E-state index >= 15 is 0 Å². The van der Waals surface area contributed by atoms with Crippen molar-refractivity contribution in [2.45, 2.75) is 37.8 Å². The van der Waals surface area contributed by atoms with Crippen molar-refractivity contribution in [3.05, 3.63) is 52.0 Å². The van der Waals surface area contributed by atoms with Crippen molar-refractivity contribution in [3.63, 3.8) is 0 Å². The third-order valence-electron chi connectivity index (χ3n) is 6.13. The highest BCUT2D eigenvalue weighted by atomic mass is 32.1. The molecule has 3 heterocycles. The molecule has 2 aromatic rings. The number of piperazine rings is 1. The molecule has 0 saturated carbocycles. The molecule has 1 amide bonds. The van der Waals surface area contributed by atoms with Crippen LogP contribution in [0.4, 0.5) is 36.4 Å². The lowest BCUT2D eigenvalue weighted by Gasteiger charge is -2.47. The number of carboxylic acids is 2. The normalized spacial score (nSPS) is 20.0. The average Bonchev–Trinajstić information content (AvgIpc) is 3.42. The van der Waals surface area contributed by atoms with Crippen molar-refractivity contribution < 1.29 is 55.3 Å². The Labute approximate surface area is 228 Å². The van der Waals surface area contributed by atoms with E-state index in [0.29, 0.717) is 18.8 Å². The quantitative estimate of drug-likeness (QED) is 0.504. The number of likely N-dealkylation sites (tertiary alicyclic amines) is 1. The number of carbonyl (C=O) groups excluding carboxylic acids is 1. The molecular formula is C24H26F7N3O5S. The number of thiophene rings is 1. The number of alkyl halides is 6. The van der Waals surface area contributed by atoms with E-state index in [2.05, 4.69) is 28.9 Å². The Hall–Kier alpha value is -3.24. The molecule has 1 atom stereocenters. The predicted molar refractivity (Wildman–Crippen MR) is 130 cm³/mol. The van der Waals surface area contributed by atoms with Crippen LogP contribution in [0.15, 0.2) is 36.4 Å². The summed E-state index contributed by atoms with van der Waals surface area (Å²) in [4.78, 5) is 39.5. The van der Waals surface area contributed by atoms with Crippen LogP contribution in [0.3, 0.4) is 0 Å². The standard InChI is InChI=1S/C20H24FN3OS.2C2HF3O2/c1-15-6-7-18(26-15)11-23-9-8-20(13-23)14-24(19(25)12-22(20)2)17-5-3-4-16(21)10-17;2*3-2(4,5)1(6)7/h3-7,10H,8-9,11-14H2,1-2H3;2*(H,6,7). The first kappa shape index (κ1) is 33.0. The molecule has 2 aliphatic rings. The molecule has 2 fully saturated rings. The van der Waals surface area contributed by atoms with E-state index in [1.54, 1.807) is 11.0 Å². The molecule has 2 saturated heterocycles. The lowest BCUT2D eigenvalue weighted by Crippen LogP contribution is -2.64. The molecule has 16 heteroatoms. The molecule has 40 heavy (non-hydrogen) atoms. The summed E-state index contributed by atoms with van der Waals surface area (Å²) in [5.41, 5.74) is 0.599. The summed E-state index contributed by atoms with van der Waals surface area (Å²) in [6.07, 6.45) is -9.15. The summed E-state index contributed by atoms with van der Waals surface area (Å²) in [6, 6.07) is 10.7. The SMILES string of the molecule is Cc1ccc(CN2CCC3(C2)CN(c2cccc(F)c2)C(=O)CN3C)s1.O=C(O)C(F)(F)F.O=C(O)C(F)(F)F. The second-order valence-corrected chi connectivity index (χ2v) is 10.5. The van der Waals surface area contributed by atoms with Crippen molar-refractivity contribution >= 4 is 34.9 Å². The highest BCUT2D eigenvalue weighted by Gasteiger charge is 2.47. The number of benzene rings is 1. The van der Waals surface area contributed by atoms with Crippen LogP contribution in [0, 0.1) is 12.7 Å². The predicted octanol–water partition coefficient (Wildman–Crippen LogP) is 4.39. The van der Waals surface area contributed by atoms with Crippen LogP contribution in [0.1, 0.15) is 16.2 Å². The molecule has 1 unspecified atom stereocenters. The minimum Gasteiger partial charge on any atom is -0.475 e. The van der Waals surface area contributed by atoms with Gasteiger partial charge in [0.1, 0.15) is 5.82 Å². The zero-order chi connectivity index (χ0) is 30.5. The third-order valence-corrected chi connectivity index (χ3v) is 7.11. The van der Waals surface area contributed by atoms with Gasteiger partial charge in [0.25, 0.3) is 0 Å². The summed E-state index contributed by atoms with van der Waals surface area (Å²) < 4.78 is 77.1. The van der Waals surface area contributed by atoms with E-state index in [1.807, 2.05) is 24.5 Å². The van der Waals surface area contributed by atoms with Gasteiger partial charge in [-0.3, -0.25) is 14.6 Å². The zero-order valence-electron chi connectivity index (χ0n) is 21.2. The number of hydrogen-bond donors (Lipinski definition) is 2. The highest BCUT2D eigenvalue weighted by molar-refractivity contribution is 7.11. The number of anilines is 1. The first-order valence-electron chi connectivity index (χ1n) is 11.5. The Morgan fingerprint density at radius 1 is 1.00 bits per heavy atom. The number of hydrogen-bond acceptors (Lipinski definition) is 6. The van der Waals surface area contributed by atoms with Crippen molar-refractivity contribution in [1.29, 1.82) is 0 Å². The summed E-state index contributed by atoms with van der Waals surface area (Å²) in [5.74, 6) is -5.78. The lowest BCUT2D eigenvalue weighted by molar-refractivity contribution is -0.193. The van der Waals surface area contributed by atoms with Gasteiger partial charge in [-0.2, -0.15) is 26.3 Å². The molecule has 1 aromatic heterocycles. The van der Waals surface area contributed by atoms with Crippen LogP contribution < -0.4 is 4.90 Å². The summed E-state index contributed by atoms with van der Waals surface area (Å²) >= 11 is 1.85. The van der Waals surface area contributed by atoms with Crippen LogP contribution in [0.25, 0.3) is 0 Å². The Balaban J connectivity index is 0.000000333. The van der Waals surface area contributed by atoms with Gasteiger partial charge in [0, 0.05) is 41.6 Å². The summed E-state index contributed by atoms with van der Waals surface area (Å²) in [5, 5.41) is 14.2. The van der Waals surface area contributed by atoms with Crippen LogP contribution in [0.5, 0.6) is 0 Å². The van der Waals surface area contributed by atoms with Gasteiger partial charge in [-0.05, 0) is 50.7 Å². The number of aryl methyl sites for hydroxylation is 1. The molecular weight excluding hydrogens is 575 g/mol. The minimum atomic E-state index is -5.08. The lowest BCUT2D eigenvalue weighted by atomic mass is 9.92. The fraction of sp³-hybridized carbons (Fsp3) is 0.458. The molecule has 8 nitrogen and oxygen atoms in total. The van der Waals surface area contributed by atoms with Gasteiger partial charge in [0.2, 0.25) is 5.91 Å². The van der Waals surface area contributed by atoms with Crippen LogP contribution in [0.2, 0.25) is 0 Å². The van der Waals surface area contributed by atoms with Crippen molar-refractivity contribution in [3.8, 4) is 0 Å². The van der Waals surface area contributed by atoms with Gasteiger partial charge in [-0.25, -0.2) is 14.0 Å². The molecule has 2 N–H and O–H groups in total. The summed E-state index contributed by atoms with van der Waals surface area (Å²) in [7, 11) is 2.04. The smallest absolute Gasteiger partial charge is 0.475 e. The number of amides is 1. The van der Waals surface area contributed by atoms with Crippen LogP contribution in [-0.4, -0.2) is 89.0 Å². The van der Waals surface area contributed by atoms with E-state index in [-0.39, 0.29) is 17.3 Å². The highest BCUT2D eigenvalue weighted by Crippen LogP contribution is 2.34. The van der Waals surface area contributed by atoms with E-state index in [0.717, 1.165) is 26.1 Å². The van der Waals surface area contributed by atoms with Gasteiger partial charge < -0.3 is 15.1 Å². The van der Waals surface area contributed by atoms with E-state index in [4.69, 9.17) is 19.8 Å². The third kappa shape index (κ3) is 9.16. The van der Waals surface area contributed by atoms with Gasteiger partial charge in [-0.1, -0.05) is 6.07 Å². The van der Waals surface area contributed by atoms with Crippen LogP contribution >= 0.6 is 11.3 Å². The Bertz CT molecular complexity index is 1180. The average molecular weight is 602 g/mol. The van der Waals surface area contributed by atoms with Crippen molar-refractivity contribution in [2.24, 2.45) is 0 Å². The number of rotatable bonds is 3. The molecule has 1 aromatic carbocycles. The van der Waals surface area contributed by atoms with Gasteiger partial charge in [0.15, 0.2) is 0 Å². The maximum absolute atomic E-state index is 13.6. The van der Waals surface area contributed by atoms with E-state index in [1.165, 1.54) is 21.9 Å². The molecule has 4 rings (SSSR count). The first-order valence-corrected chi connectivity index (χ1v) is 12.3. The zero-order valence-corrected chi connectivity index (χ0v) is 22.0. The topological polar surface area (TPSA) is 101 Å². The second kappa shape index (κ2) is 13.0. The molecule has 0 bridgehead atoms. The van der Waals surface area contributed by atoms with Crippen molar-refractivity contribution in [2.75, 3.05) is 38.1 Å². The Morgan fingerprint density at radius 2 is 1.57 bits per heavy atom. The monoisotopic (exact) mass is 601 g/mol. The van der Waals surface area contributed by atoms with Crippen LogP contribution in [-0.2, 0) is 20.9 Å². The first-order chi connectivity index (χ1) is 18.3. The number of halogens is 7. The molecule has 222 valence electrons. The number of aliphatic carboxylic acids is 2. The maximum Gasteiger partial charge on any atom is 0.490 e.